The van der Waals surface area contributed by atoms with E-state index in [1.807, 2.05) is 4.90 Å². The molecule has 0 radical (unpaired) electrons. The van der Waals surface area contributed by atoms with Gasteiger partial charge in [-0.1, -0.05) is 20.8 Å². The van der Waals surface area contributed by atoms with Crippen LogP contribution in [0.3, 0.4) is 0 Å². The fourth-order valence-corrected chi connectivity index (χ4v) is 4.19. The fourth-order valence-electron chi connectivity index (χ4n) is 4.19. The Hall–Kier alpha value is -2.12. The minimum atomic E-state index is -0.449. The third-order valence-electron chi connectivity index (χ3n) is 5.17. The van der Waals surface area contributed by atoms with Crippen LogP contribution < -0.4 is 15.5 Å². The normalized spacial score (nSPS) is 27.4. The van der Waals surface area contributed by atoms with Crippen LogP contribution in [0, 0.1) is 27.9 Å². The van der Waals surface area contributed by atoms with Crippen LogP contribution in [0.2, 0.25) is 0 Å². The molecule has 2 fully saturated rings. The van der Waals surface area contributed by atoms with E-state index in [0.717, 1.165) is 39.0 Å². The summed E-state index contributed by atoms with van der Waals surface area (Å²) in [6.45, 7) is 9.85. The molecular weight excluding hydrogens is 320 g/mol. The predicted molar refractivity (Wildman–Crippen MR) is 98.9 cm³/mol. The molecule has 2 N–H and O–H groups in total. The molecule has 2 saturated heterocycles. The molecule has 0 unspecified atom stereocenters. The van der Waals surface area contributed by atoms with Gasteiger partial charge < -0.3 is 15.5 Å². The lowest BCUT2D eigenvalue weighted by atomic mass is 9.92. The Morgan fingerprint density at radius 1 is 1.08 bits per heavy atom. The van der Waals surface area contributed by atoms with E-state index in [1.165, 1.54) is 6.42 Å². The van der Waals surface area contributed by atoms with Crippen LogP contribution in [0.15, 0.2) is 0 Å². The first-order valence-corrected chi connectivity index (χ1v) is 9.17. The Balaban J connectivity index is 1.99. The van der Waals surface area contributed by atoms with Crippen molar-refractivity contribution in [3.05, 3.63) is 10.1 Å². The lowest BCUT2D eigenvalue weighted by Crippen LogP contribution is -2.40. The van der Waals surface area contributed by atoms with Crippen molar-refractivity contribution in [2.75, 3.05) is 41.7 Å². The molecule has 3 heterocycles. The largest absolute Gasteiger partial charge is 0.378 e. The molecule has 0 spiro atoms. The van der Waals surface area contributed by atoms with Crippen molar-refractivity contribution >= 4 is 23.3 Å². The second-order valence-corrected chi connectivity index (χ2v) is 7.88. The van der Waals surface area contributed by atoms with Crippen LogP contribution in [0.25, 0.3) is 0 Å². The number of piperidine rings is 2. The van der Waals surface area contributed by atoms with E-state index < -0.39 is 4.92 Å². The molecule has 1 aromatic rings. The van der Waals surface area contributed by atoms with E-state index in [9.17, 15) is 10.1 Å². The highest BCUT2D eigenvalue weighted by molar-refractivity contribution is 5.71. The number of anilines is 3. The highest BCUT2D eigenvalue weighted by Gasteiger charge is 2.32. The number of nitro groups is 1. The van der Waals surface area contributed by atoms with Gasteiger partial charge in [0.15, 0.2) is 0 Å². The van der Waals surface area contributed by atoms with Crippen molar-refractivity contribution in [1.29, 1.82) is 0 Å². The van der Waals surface area contributed by atoms with Crippen molar-refractivity contribution in [3.63, 3.8) is 0 Å². The van der Waals surface area contributed by atoms with Crippen LogP contribution in [0.5, 0.6) is 0 Å². The minimum Gasteiger partial charge on any atom is -0.378 e. The van der Waals surface area contributed by atoms with Crippen molar-refractivity contribution in [2.24, 2.45) is 17.8 Å². The molecule has 3 rings (SSSR count). The van der Waals surface area contributed by atoms with Crippen molar-refractivity contribution in [1.82, 2.24) is 9.97 Å². The smallest absolute Gasteiger partial charge is 0.353 e. The molecule has 0 bridgehead atoms. The van der Waals surface area contributed by atoms with Gasteiger partial charge in [-0.05, 0) is 37.0 Å². The molecule has 2 aliphatic rings. The van der Waals surface area contributed by atoms with Crippen LogP contribution in [0.4, 0.5) is 23.3 Å². The number of aromatic nitrogens is 2. The zero-order valence-corrected chi connectivity index (χ0v) is 15.3. The van der Waals surface area contributed by atoms with Gasteiger partial charge in [-0.2, -0.15) is 9.97 Å². The van der Waals surface area contributed by atoms with E-state index >= 15 is 0 Å². The van der Waals surface area contributed by atoms with Crippen molar-refractivity contribution in [3.8, 4) is 0 Å². The van der Waals surface area contributed by atoms with Gasteiger partial charge in [-0.25, -0.2) is 0 Å². The highest BCUT2D eigenvalue weighted by atomic mass is 16.6. The zero-order valence-electron chi connectivity index (χ0n) is 15.3. The zero-order chi connectivity index (χ0) is 18.1. The first kappa shape index (κ1) is 17.7. The number of hydrogen-bond donors (Lipinski definition) is 1. The van der Waals surface area contributed by atoms with Gasteiger partial charge in [0.25, 0.3) is 0 Å². The molecule has 25 heavy (non-hydrogen) atoms. The van der Waals surface area contributed by atoms with Gasteiger partial charge in [-0.3, -0.25) is 10.1 Å². The standard InChI is InChI=1S/C17H28N6O2/c1-11-5-4-6-21(8-11)16-14(23(24)25)15(18)19-17(20-16)22-9-12(2)7-13(3)10-22/h11-13H,4-10H2,1-3H3,(H2,18,19,20)/t11-,12-,13-/m0/s1. The van der Waals surface area contributed by atoms with Gasteiger partial charge in [0.1, 0.15) is 0 Å². The molecule has 1 aromatic heterocycles. The maximum absolute atomic E-state index is 11.6. The lowest BCUT2D eigenvalue weighted by molar-refractivity contribution is -0.383. The second-order valence-electron chi connectivity index (χ2n) is 7.88. The lowest BCUT2D eigenvalue weighted by Gasteiger charge is -2.36. The van der Waals surface area contributed by atoms with Crippen molar-refractivity contribution < 1.29 is 4.92 Å². The summed E-state index contributed by atoms with van der Waals surface area (Å²) in [5.74, 6) is 2.45. The summed E-state index contributed by atoms with van der Waals surface area (Å²) < 4.78 is 0. The highest BCUT2D eigenvalue weighted by Crippen LogP contribution is 2.36. The summed E-state index contributed by atoms with van der Waals surface area (Å²) in [6, 6.07) is 0. The predicted octanol–water partition coefficient (Wildman–Crippen LogP) is 2.69. The van der Waals surface area contributed by atoms with Crippen LogP contribution in [0.1, 0.15) is 40.0 Å². The molecular formula is C17H28N6O2. The Labute approximate surface area is 148 Å². The maximum atomic E-state index is 11.6. The van der Waals surface area contributed by atoms with E-state index in [0.29, 0.717) is 29.5 Å². The summed E-state index contributed by atoms with van der Waals surface area (Å²) in [5.41, 5.74) is 5.84. The van der Waals surface area contributed by atoms with Crippen LogP contribution in [-0.2, 0) is 0 Å². The number of nitrogen functional groups attached to an aromatic ring is 1. The fraction of sp³-hybridized carbons (Fsp3) is 0.765. The first-order valence-electron chi connectivity index (χ1n) is 9.17. The van der Waals surface area contributed by atoms with Crippen LogP contribution >= 0.6 is 0 Å². The third kappa shape index (κ3) is 3.77. The van der Waals surface area contributed by atoms with E-state index in [1.54, 1.807) is 0 Å². The molecule has 8 heteroatoms. The van der Waals surface area contributed by atoms with Crippen LogP contribution in [-0.4, -0.2) is 41.1 Å². The summed E-state index contributed by atoms with van der Waals surface area (Å²) in [5, 5.41) is 11.6. The summed E-state index contributed by atoms with van der Waals surface area (Å²) in [4.78, 5) is 24.2. The molecule has 138 valence electrons. The summed E-state index contributed by atoms with van der Waals surface area (Å²) >= 11 is 0. The van der Waals surface area contributed by atoms with E-state index in [4.69, 9.17) is 5.73 Å². The number of nitrogens with zero attached hydrogens (tertiary/aromatic N) is 5. The van der Waals surface area contributed by atoms with Gasteiger partial charge in [0, 0.05) is 26.2 Å². The number of nitrogens with two attached hydrogens (primary N) is 1. The van der Waals surface area contributed by atoms with Gasteiger partial charge in [0.05, 0.1) is 4.92 Å². The molecule has 0 saturated carbocycles. The molecule has 0 amide bonds. The number of rotatable bonds is 3. The minimum absolute atomic E-state index is 0.0332. The Morgan fingerprint density at radius 2 is 1.72 bits per heavy atom. The second kappa shape index (κ2) is 7.01. The molecule has 2 aliphatic heterocycles. The topological polar surface area (TPSA) is 101 Å². The summed E-state index contributed by atoms with van der Waals surface area (Å²) in [7, 11) is 0. The monoisotopic (exact) mass is 348 g/mol. The van der Waals surface area contributed by atoms with E-state index in [-0.39, 0.29) is 11.5 Å². The average Bonchev–Trinajstić information content (AvgIpc) is 2.52. The first-order chi connectivity index (χ1) is 11.8. The molecule has 3 atom stereocenters. The Kier molecular flexibility index (Phi) is 4.96. The summed E-state index contributed by atoms with van der Waals surface area (Å²) in [6.07, 6.45) is 3.32. The quantitative estimate of drug-likeness (QED) is 0.662. The Morgan fingerprint density at radius 3 is 2.32 bits per heavy atom. The van der Waals surface area contributed by atoms with Crippen molar-refractivity contribution in [2.45, 2.75) is 40.0 Å². The molecule has 0 aliphatic carbocycles. The number of hydrogen-bond acceptors (Lipinski definition) is 7. The molecule has 0 aromatic carbocycles. The van der Waals surface area contributed by atoms with Gasteiger partial charge in [0.2, 0.25) is 17.6 Å². The Bertz CT molecular complexity index is 642. The third-order valence-corrected chi connectivity index (χ3v) is 5.17. The van der Waals surface area contributed by atoms with Gasteiger partial charge >= 0.3 is 5.69 Å². The van der Waals surface area contributed by atoms with Gasteiger partial charge in [-0.15, -0.1) is 0 Å². The molecule has 8 nitrogen and oxygen atoms in total. The average molecular weight is 348 g/mol. The maximum Gasteiger partial charge on any atom is 0.353 e. The van der Waals surface area contributed by atoms with E-state index in [2.05, 4.69) is 35.6 Å². The SMILES string of the molecule is C[C@H]1C[C@H](C)CN(c2nc(N)c([N+](=O)[O-])c(N3CCC[C@H](C)C3)n2)C1.